The van der Waals surface area contributed by atoms with Crippen molar-refractivity contribution >= 4 is 23.4 Å². The fourth-order valence-corrected chi connectivity index (χ4v) is 2.46. The third-order valence-corrected chi connectivity index (χ3v) is 3.63. The van der Waals surface area contributed by atoms with E-state index < -0.39 is 25.1 Å². The van der Waals surface area contributed by atoms with E-state index in [0.29, 0.717) is 0 Å². The summed E-state index contributed by atoms with van der Waals surface area (Å²) in [4.78, 5) is 35.5. The molecule has 0 amide bonds. The van der Waals surface area contributed by atoms with Crippen LogP contribution in [0, 0.1) is 0 Å². The number of ketones is 1. The zero-order valence-corrected chi connectivity index (χ0v) is 13.5. The van der Waals surface area contributed by atoms with Gasteiger partial charge in [-0.05, 0) is 23.8 Å². The Morgan fingerprint density at radius 3 is 2.71 bits per heavy atom. The van der Waals surface area contributed by atoms with Crippen molar-refractivity contribution in [3.63, 3.8) is 0 Å². The van der Waals surface area contributed by atoms with E-state index in [1.807, 2.05) is 0 Å². The van der Waals surface area contributed by atoms with Crippen LogP contribution in [0.3, 0.4) is 0 Å². The van der Waals surface area contributed by atoms with Crippen molar-refractivity contribution in [3.05, 3.63) is 51.4 Å². The zero-order valence-electron chi connectivity index (χ0n) is 15.7. The number of carbonyl (C=O) groups is 2. The van der Waals surface area contributed by atoms with Crippen LogP contribution in [-0.2, 0) is 11.3 Å². The van der Waals surface area contributed by atoms with Crippen molar-refractivity contribution in [2.45, 2.75) is 19.9 Å². The van der Waals surface area contributed by atoms with Crippen LogP contribution in [0.4, 0.5) is 0 Å². The second-order valence-corrected chi connectivity index (χ2v) is 5.42. The number of rotatable bonds is 6. The summed E-state index contributed by atoms with van der Waals surface area (Å²) in [5.41, 5.74) is -0.182. The minimum Gasteiger partial charge on any atom is -0.495 e. The fourth-order valence-electron chi connectivity index (χ4n) is 2.29. The fraction of sp³-hybridized carbons (Fsp3) is 0.235. The first-order valence-electron chi connectivity index (χ1n) is 8.50. The number of carboxylic acids is 1. The minimum atomic E-state index is -2.85. The number of aromatic nitrogens is 1. The number of Topliss-reactive ketones (excluding diaryl/α,β-unsaturated/α-hetero) is 1. The topological polar surface area (TPSA) is 85.6 Å². The van der Waals surface area contributed by atoms with E-state index in [2.05, 4.69) is 0 Å². The van der Waals surface area contributed by atoms with Crippen LogP contribution in [0.15, 0.2) is 35.3 Å². The maximum atomic E-state index is 12.3. The summed E-state index contributed by atoms with van der Waals surface area (Å²) in [6.07, 6.45) is 1.18. The molecule has 0 atom stereocenters. The molecule has 0 radical (unpaired) electrons. The Labute approximate surface area is 147 Å². The molecule has 2 aromatic rings. The van der Waals surface area contributed by atoms with Crippen molar-refractivity contribution in [1.82, 2.24) is 4.57 Å². The van der Waals surface area contributed by atoms with Gasteiger partial charge in [-0.15, -0.1) is 0 Å². The molecule has 6 nitrogen and oxygen atoms in total. The van der Waals surface area contributed by atoms with Crippen LogP contribution < -0.4 is 10.3 Å². The molecule has 0 saturated carbocycles. The number of halogens is 1. The normalized spacial score (nSPS) is 12.8. The first-order valence-corrected chi connectivity index (χ1v) is 7.38. The monoisotopic (exact) mass is 352 g/mol. The maximum Gasteiger partial charge on any atom is 0.323 e. The molecule has 1 aromatic carbocycles. The van der Waals surface area contributed by atoms with Gasteiger partial charge in [0, 0.05) is 28.6 Å². The Balaban J connectivity index is 2.77. The van der Waals surface area contributed by atoms with Crippen LogP contribution in [0.25, 0.3) is 11.1 Å². The molecule has 1 heterocycles. The number of carboxylic acid groups (broad SMARTS) is 1. The molecular formula is C17H16ClNO5. The van der Waals surface area contributed by atoms with Crippen molar-refractivity contribution in [2.24, 2.45) is 0 Å². The Hall–Kier alpha value is -2.60. The lowest BCUT2D eigenvalue weighted by Crippen LogP contribution is -2.23. The number of methoxy groups -OCH3 is 1. The van der Waals surface area contributed by atoms with E-state index in [1.54, 1.807) is 6.92 Å². The van der Waals surface area contributed by atoms with Crippen LogP contribution in [0.2, 0.25) is 5.02 Å². The second-order valence-electron chi connectivity index (χ2n) is 4.98. The van der Waals surface area contributed by atoms with E-state index in [4.69, 9.17) is 25.6 Å². The van der Waals surface area contributed by atoms with Gasteiger partial charge in [0.1, 0.15) is 12.3 Å². The summed E-state index contributed by atoms with van der Waals surface area (Å²) in [7, 11) is -2.85. The van der Waals surface area contributed by atoms with Gasteiger partial charge < -0.3 is 14.4 Å². The number of benzene rings is 1. The summed E-state index contributed by atoms with van der Waals surface area (Å²) < 4.78 is 27.7. The van der Waals surface area contributed by atoms with Gasteiger partial charge in [-0.3, -0.25) is 14.4 Å². The van der Waals surface area contributed by atoms with Gasteiger partial charge in [-0.25, -0.2) is 0 Å². The standard InChI is InChI=1S/C17H16ClNO5/c1-3-14(20)11-5-4-10(18)6-12(11)13-7-16(21)19(9-17(22)23)8-15(13)24-2/h4-8H,3,9H2,1-2H3,(H,22,23)/i2D3. The highest BCUT2D eigenvalue weighted by Crippen LogP contribution is 2.33. The average molecular weight is 353 g/mol. The molecule has 0 aliphatic rings. The molecule has 126 valence electrons. The number of hydrogen-bond donors (Lipinski definition) is 1. The van der Waals surface area contributed by atoms with Gasteiger partial charge in [0.05, 0.1) is 17.3 Å². The first kappa shape index (κ1) is 13.8. The van der Waals surface area contributed by atoms with Crippen molar-refractivity contribution in [2.75, 3.05) is 7.04 Å². The van der Waals surface area contributed by atoms with Crippen LogP contribution in [-0.4, -0.2) is 28.5 Å². The smallest absolute Gasteiger partial charge is 0.323 e. The molecule has 24 heavy (non-hydrogen) atoms. The van der Waals surface area contributed by atoms with Crippen molar-refractivity contribution in [3.8, 4) is 16.9 Å². The third kappa shape index (κ3) is 3.65. The Morgan fingerprint density at radius 1 is 1.33 bits per heavy atom. The Kier molecular flexibility index (Phi) is 4.21. The molecule has 2 rings (SSSR count). The number of hydrogen-bond acceptors (Lipinski definition) is 4. The summed E-state index contributed by atoms with van der Waals surface area (Å²) in [6, 6.07) is 5.44. The molecule has 0 saturated heterocycles. The van der Waals surface area contributed by atoms with E-state index >= 15 is 0 Å². The number of carbonyl (C=O) groups excluding carboxylic acids is 1. The molecule has 0 aliphatic heterocycles. The Morgan fingerprint density at radius 2 is 2.08 bits per heavy atom. The number of nitrogens with zero attached hydrogens (tertiary/aromatic N) is 1. The molecule has 0 aliphatic carbocycles. The van der Waals surface area contributed by atoms with Gasteiger partial charge in [0.15, 0.2) is 5.78 Å². The van der Waals surface area contributed by atoms with Crippen LogP contribution in [0.1, 0.15) is 27.8 Å². The summed E-state index contributed by atoms with van der Waals surface area (Å²) in [5.74, 6) is -1.78. The quantitative estimate of drug-likeness (QED) is 0.808. The minimum absolute atomic E-state index is 0.0389. The molecule has 0 fully saturated rings. The number of pyridine rings is 1. The lowest BCUT2D eigenvalue weighted by molar-refractivity contribution is -0.137. The highest BCUT2D eigenvalue weighted by Gasteiger charge is 2.17. The van der Waals surface area contributed by atoms with E-state index in [0.717, 1.165) is 16.8 Å². The molecule has 1 aromatic heterocycles. The van der Waals surface area contributed by atoms with Gasteiger partial charge in [-0.1, -0.05) is 18.5 Å². The van der Waals surface area contributed by atoms with Crippen molar-refractivity contribution in [1.29, 1.82) is 0 Å². The van der Waals surface area contributed by atoms with Crippen molar-refractivity contribution < 1.29 is 23.5 Å². The highest BCUT2D eigenvalue weighted by atomic mass is 35.5. The predicted octanol–water partition coefficient (Wildman–Crippen LogP) is 2.85. The van der Waals surface area contributed by atoms with E-state index in [-0.39, 0.29) is 39.7 Å². The van der Waals surface area contributed by atoms with E-state index in [1.165, 1.54) is 18.2 Å². The molecule has 0 unspecified atom stereocenters. The van der Waals surface area contributed by atoms with Gasteiger partial charge >= 0.3 is 5.97 Å². The lowest BCUT2D eigenvalue weighted by atomic mass is 9.96. The Bertz CT molecular complexity index is 953. The first-order chi connectivity index (χ1) is 12.5. The van der Waals surface area contributed by atoms with E-state index in [9.17, 15) is 14.4 Å². The van der Waals surface area contributed by atoms with Gasteiger partial charge in [-0.2, -0.15) is 0 Å². The summed E-state index contributed by atoms with van der Waals surface area (Å²) in [6.45, 7) is 0.984. The second kappa shape index (κ2) is 7.31. The molecule has 7 heteroatoms. The molecule has 0 bridgehead atoms. The summed E-state index contributed by atoms with van der Waals surface area (Å²) in [5, 5.41) is 9.18. The third-order valence-electron chi connectivity index (χ3n) is 3.40. The van der Waals surface area contributed by atoms with Gasteiger partial charge in [0.25, 0.3) is 5.56 Å². The summed E-state index contributed by atoms with van der Waals surface area (Å²) >= 11 is 6.02. The average Bonchev–Trinajstić information content (AvgIpc) is 2.55. The largest absolute Gasteiger partial charge is 0.495 e. The SMILES string of the molecule is [2H]C([2H])([2H])Oc1cn(CC(=O)O)c(=O)cc1-c1cc(Cl)ccc1C(=O)CC. The van der Waals surface area contributed by atoms with Gasteiger partial charge in [0.2, 0.25) is 0 Å². The number of aliphatic carboxylic acids is 1. The molecule has 1 N–H and O–H groups in total. The number of ether oxygens (including phenoxy) is 1. The lowest BCUT2D eigenvalue weighted by Gasteiger charge is -2.14. The zero-order chi connectivity index (χ0) is 20.4. The molecule has 0 spiro atoms. The maximum absolute atomic E-state index is 12.3. The van der Waals surface area contributed by atoms with Crippen LogP contribution in [0.5, 0.6) is 5.75 Å². The predicted molar refractivity (Wildman–Crippen MR) is 90.0 cm³/mol. The molecular weight excluding hydrogens is 334 g/mol. The highest BCUT2D eigenvalue weighted by molar-refractivity contribution is 6.31. The van der Waals surface area contributed by atoms with Crippen LogP contribution >= 0.6 is 11.6 Å².